The molecule has 7 heteroatoms. The molecule has 0 spiro atoms. The second-order valence-electron chi connectivity index (χ2n) is 5.72. The van der Waals surface area contributed by atoms with Gasteiger partial charge in [-0.3, -0.25) is 4.79 Å². The number of carboxylic acids is 1. The van der Waals surface area contributed by atoms with E-state index < -0.39 is 5.97 Å². The Kier molecular flexibility index (Phi) is 3.42. The van der Waals surface area contributed by atoms with Gasteiger partial charge in [0.2, 0.25) is 0 Å². The van der Waals surface area contributed by atoms with Crippen molar-refractivity contribution in [3.05, 3.63) is 48.3 Å². The first-order chi connectivity index (χ1) is 12.1. The number of benzene rings is 1. The summed E-state index contributed by atoms with van der Waals surface area (Å²) in [6, 6.07) is 8.76. The van der Waals surface area contributed by atoms with E-state index in [1.807, 2.05) is 25.1 Å². The number of carbonyl (C=O) groups excluding carboxylic acids is 1. The summed E-state index contributed by atoms with van der Waals surface area (Å²) in [5.41, 5.74) is 3.09. The summed E-state index contributed by atoms with van der Waals surface area (Å²) in [5, 5.41) is 9.10. The van der Waals surface area contributed by atoms with Crippen LogP contribution in [0.4, 0.5) is 5.69 Å². The Bertz CT molecular complexity index is 1010. The van der Waals surface area contributed by atoms with Gasteiger partial charge in [0, 0.05) is 24.5 Å². The number of fused-ring (bicyclic) bond motifs is 2. The number of carboxylic acid groups (broad SMARTS) is 1. The highest BCUT2D eigenvalue weighted by molar-refractivity contribution is 5.98. The first kappa shape index (κ1) is 15.2. The number of rotatable bonds is 3. The van der Waals surface area contributed by atoms with Crippen LogP contribution in [0.5, 0.6) is 5.75 Å². The summed E-state index contributed by atoms with van der Waals surface area (Å²) in [5.74, 6) is -0.393. The van der Waals surface area contributed by atoms with E-state index in [1.54, 1.807) is 21.6 Å². The molecule has 1 amide bonds. The summed E-state index contributed by atoms with van der Waals surface area (Å²) in [7, 11) is 0. The molecule has 0 saturated carbocycles. The molecule has 3 aromatic rings. The minimum Gasteiger partial charge on any atom is -0.482 e. The lowest BCUT2D eigenvalue weighted by atomic mass is 10.1. The number of aromatic carboxylic acids is 1. The fourth-order valence-corrected chi connectivity index (χ4v) is 2.97. The fourth-order valence-electron chi connectivity index (χ4n) is 2.97. The van der Waals surface area contributed by atoms with Crippen LogP contribution >= 0.6 is 0 Å². The number of carbonyl (C=O) groups is 2. The number of hydrogen-bond acceptors (Lipinski definition) is 4. The summed E-state index contributed by atoms with van der Waals surface area (Å²) < 4.78 is 7.16. The molecule has 7 nitrogen and oxygen atoms in total. The minimum atomic E-state index is -0.986. The molecule has 1 aromatic carbocycles. The van der Waals surface area contributed by atoms with Crippen LogP contribution in [0.1, 0.15) is 17.3 Å². The first-order valence-electron chi connectivity index (χ1n) is 7.86. The number of pyridine rings is 1. The van der Waals surface area contributed by atoms with E-state index in [9.17, 15) is 9.59 Å². The van der Waals surface area contributed by atoms with Crippen LogP contribution in [0, 0.1) is 0 Å². The number of nitrogens with zero attached hydrogens (tertiary/aromatic N) is 3. The largest absolute Gasteiger partial charge is 0.482 e. The Morgan fingerprint density at radius 3 is 2.88 bits per heavy atom. The van der Waals surface area contributed by atoms with Crippen LogP contribution < -0.4 is 9.64 Å². The molecule has 0 saturated heterocycles. The summed E-state index contributed by atoms with van der Waals surface area (Å²) in [6.07, 6.45) is 3.29. The third-order valence-corrected chi connectivity index (χ3v) is 4.21. The van der Waals surface area contributed by atoms with Crippen molar-refractivity contribution in [1.29, 1.82) is 0 Å². The maximum atomic E-state index is 12.0. The Labute approximate surface area is 143 Å². The molecule has 0 atom stereocenters. The van der Waals surface area contributed by atoms with Crippen molar-refractivity contribution in [1.82, 2.24) is 9.38 Å². The van der Waals surface area contributed by atoms with Crippen LogP contribution in [0.2, 0.25) is 0 Å². The van der Waals surface area contributed by atoms with E-state index in [-0.39, 0.29) is 18.1 Å². The van der Waals surface area contributed by atoms with Crippen molar-refractivity contribution in [2.45, 2.75) is 6.92 Å². The Morgan fingerprint density at radius 2 is 2.12 bits per heavy atom. The van der Waals surface area contributed by atoms with E-state index >= 15 is 0 Å². The highest BCUT2D eigenvalue weighted by Gasteiger charge is 2.24. The van der Waals surface area contributed by atoms with E-state index in [2.05, 4.69) is 4.98 Å². The van der Waals surface area contributed by atoms with E-state index in [0.717, 1.165) is 11.3 Å². The van der Waals surface area contributed by atoms with Crippen LogP contribution in [0.25, 0.3) is 16.9 Å². The SMILES string of the molecule is CCN1C(=O)COc2ccc(-c3cn4cc(C(=O)O)ccc4n3)cc21. The zero-order valence-electron chi connectivity index (χ0n) is 13.5. The van der Waals surface area contributed by atoms with Gasteiger partial charge in [0.1, 0.15) is 11.4 Å². The molecule has 0 radical (unpaired) electrons. The lowest BCUT2D eigenvalue weighted by molar-refractivity contribution is -0.121. The Balaban J connectivity index is 1.80. The highest BCUT2D eigenvalue weighted by Crippen LogP contribution is 2.35. The molecule has 4 rings (SSSR count). The molecular formula is C18H15N3O4. The molecule has 0 aliphatic carbocycles. The van der Waals surface area contributed by atoms with Crippen LogP contribution in [0.3, 0.4) is 0 Å². The maximum absolute atomic E-state index is 12.0. The van der Waals surface area contributed by atoms with Gasteiger partial charge >= 0.3 is 5.97 Å². The van der Waals surface area contributed by atoms with Crippen molar-refractivity contribution < 1.29 is 19.4 Å². The minimum absolute atomic E-state index is 0.0481. The first-order valence-corrected chi connectivity index (χ1v) is 7.86. The normalized spacial score (nSPS) is 13.6. The fraction of sp³-hybridized carbons (Fsp3) is 0.167. The number of hydrogen-bond donors (Lipinski definition) is 1. The second kappa shape index (κ2) is 5.62. The maximum Gasteiger partial charge on any atom is 0.337 e. The molecule has 3 heterocycles. The standard InChI is InChI=1S/C18H15N3O4/c1-2-21-14-7-11(3-5-15(14)25-10-17(21)22)13-9-20-8-12(18(23)24)4-6-16(20)19-13/h3-9H,2,10H2,1H3,(H,23,24). The van der Waals surface area contributed by atoms with Crippen LogP contribution in [0.15, 0.2) is 42.7 Å². The third-order valence-electron chi connectivity index (χ3n) is 4.21. The number of amides is 1. The number of ether oxygens (including phenoxy) is 1. The van der Waals surface area contributed by atoms with Gasteiger partial charge in [-0.15, -0.1) is 0 Å². The van der Waals surface area contributed by atoms with Gasteiger partial charge in [-0.1, -0.05) is 0 Å². The monoisotopic (exact) mass is 337 g/mol. The van der Waals surface area contributed by atoms with E-state index in [0.29, 0.717) is 23.6 Å². The summed E-state index contributed by atoms with van der Waals surface area (Å²) in [6.45, 7) is 2.52. The Hall–Kier alpha value is -3.35. The molecular weight excluding hydrogens is 322 g/mol. The van der Waals surface area contributed by atoms with Gasteiger partial charge < -0.3 is 19.1 Å². The average molecular weight is 337 g/mol. The average Bonchev–Trinajstić information content (AvgIpc) is 3.04. The quantitative estimate of drug-likeness (QED) is 0.793. The zero-order valence-corrected chi connectivity index (χ0v) is 13.5. The number of likely N-dealkylation sites (N-methyl/N-ethyl adjacent to an activating group) is 1. The van der Waals surface area contributed by atoms with Crippen molar-refractivity contribution in [3.8, 4) is 17.0 Å². The molecule has 1 N–H and O–H groups in total. The molecule has 126 valence electrons. The van der Waals surface area contributed by atoms with Crippen LogP contribution in [-0.2, 0) is 4.79 Å². The Morgan fingerprint density at radius 1 is 1.28 bits per heavy atom. The highest BCUT2D eigenvalue weighted by atomic mass is 16.5. The predicted octanol–water partition coefficient (Wildman–Crippen LogP) is 2.44. The van der Waals surface area contributed by atoms with Crippen molar-refractivity contribution in [2.75, 3.05) is 18.1 Å². The van der Waals surface area contributed by atoms with Gasteiger partial charge in [-0.2, -0.15) is 0 Å². The smallest absolute Gasteiger partial charge is 0.337 e. The molecule has 1 aliphatic heterocycles. The van der Waals surface area contributed by atoms with Gasteiger partial charge in [0.25, 0.3) is 5.91 Å². The topological polar surface area (TPSA) is 84.1 Å². The van der Waals surface area contributed by atoms with Crippen molar-refractivity contribution >= 4 is 23.2 Å². The van der Waals surface area contributed by atoms with Crippen LogP contribution in [-0.4, -0.2) is 39.5 Å². The summed E-state index contributed by atoms with van der Waals surface area (Å²) in [4.78, 5) is 29.3. The van der Waals surface area contributed by atoms with E-state index in [4.69, 9.17) is 9.84 Å². The van der Waals surface area contributed by atoms with Gasteiger partial charge in [0.15, 0.2) is 6.61 Å². The third kappa shape index (κ3) is 2.50. The number of aromatic nitrogens is 2. The lowest BCUT2D eigenvalue weighted by Crippen LogP contribution is -2.38. The van der Waals surface area contributed by atoms with E-state index in [1.165, 1.54) is 12.3 Å². The number of imidazole rings is 1. The molecule has 1 aliphatic rings. The molecule has 25 heavy (non-hydrogen) atoms. The lowest BCUT2D eigenvalue weighted by Gasteiger charge is -2.28. The summed E-state index contributed by atoms with van der Waals surface area (Å²) >= 11 is 0. The van der Waals surface area contributed by atoms with Gasteiger partial charge in [-0.25, -0.2) is 9.78 Å². The molecule has 2 aromatic heterocycles. The zero-order chi connectivity index (χ0) is 17.6. The molecule has 0 bridgehead atoms. The molecule has 0 unspecified atom stereocenters. The predicted molar refractivity (Wildman–Crippen MR) is 91.1 cm³/mol. The second-order valence-corrected chi connectivity index (χ2v) is 5.72. The van der Waals surface area contributed by atoms with Crippen molar-refractivity contribution in [2.24, 2.45) is 0 Å². The van der Waals surface area contributed by atoms with Gasteiger partial charge in [-0.05, 0) is 37.3 Å². The van der Waals surface area contributed by atoms with Gasteiger partial charge in [0.05, 0.1) is 16.9 Å². The van der Waals surface area contributed by atoms with Crippen molar-refractivity contribution in [3.63, 3.8) is 0 Å². The molecule has 0 fully saturated rings. The number of anilines is 1.